The highest BCUT2D eigenvalue weighted by molar-refractivity contribution is 6.19. The first-order chi connectivity index (χ1) is 21.6. The van der Waals surface area contributed by atoms with E-state index in [2.05, 4.69) is 97.3 Å². The van der Waals surface area contributed by atoms with Crippen LogP contribution in [0.4, 0.5) is 0 Å². The summed E-state index contributed by atoms with van der Waals surface area (Å²) in [4.78, 5) is 10.6. The second-order valence-corrected chi connectivity index (χ2v) is 12.2. The van der Waals surface area contributed by atoms with Gasteiger partial charge in [-0.05, 0) is 35.4 Å². The van der Waals surface area contributed by atoms with Gasteiger partial charge >= 0.3 is 0 Å². The molecule has 1 aliphatic carbocycles. The highest BCUT2D eigenvalue weighted by Gasteiger charge is 2.41. The van der Waals surface area contributed by atoms with Crippen LogP contribution in [0.15, 0.2) is 124 Å². The van der Waals surface area contributed by atoms with Crippen molar-refractivity contribution in [3.63, 3.8) is 0 Å². The zero-order chi connectivity index (χ0) is 29.2. The lowest BCUT2D eigenvalue weighted by molar-refractivity contribution is 0.632. The van der Waals surface area contributed by atoms with Gasteiger partial charge in [-0.1, -0.05) is 105 Å². The third-order valence-corrected chi connectivity index (χ3v) is 9.42. The number of benzene rings is 5. The summed E-state index contributed by atoms with van der Waals surface area (Å²) in [5, 5.41) is 4.21. The van der Waals surface area contributed by atoms with E-state index >= 15 is 0 Å². The highest BCUT2D eigenvalue weighted by Crippen LogP contribution is 2.53. The van der Waals surface area contributed by atoms with E-state index < -0.39 is 0 Å². The number of furan rings is 2. The van der Waals surface area contributed by atoms with E-state index in [1.54, 1.807) is 0 Å². The number of fused-ring (bicyclic) bond motifs is 12. The van der Waals surface area contributed by atoms with Crippen molar-refractivity contribution in [1.29, 1.82) is 0 Å². The Bertz CT molecular complexity index is 2640. The van der Waals surface area contributed by atoms with Crippen LogP contribution in [0, 0.1) is 0 Å². The summed E-state index contributed by atoms with van der Waals surface area (Å²) in [5.41, 5.74) is 11.3. The first kappa shape index (κ1) is 23.8. The van der Waals surface area contributed by atoms with Crippen LogP contribution in [-0.2, 0) is 5.41 Å². The maximum Gasteiger partial charge on any atom is 0.236 e. The molecule has 0 fully saturated rings. The lowest BCUT2D eigenvalue weighted by atomic mass is 9.81. The van der Waals surface area contributed by atoms with Crippen molar-refractivity contribution in [3.05, 3.63) is 126 Å². The fraction of sp³-hybridized carbons (Fsp3) is 0.0769. The lowest BCUT2D eigenvalue weighted by Gasteiger charge is -2.21. The summed E-state index contributed by atoms with van der Waals surface area (Å²) in [5.74, 6) is 0.619. The van der Waals surface area contributed by atoms with Gasteiger partial charge in [-0.15, -0.1) is 0 Å². The van der Waals surface area contributed by atoms with Crippen LogP contribution >= 0.6 is 0 Å². The molecule has 0 amide bonds. The topological polar surface area (TPSA) is 57.0 Å². The van der Waals surface area contributed by atoms with Gasteiger partial charge in [0.15, 0.2) is 16.7 Å². The van der Waals surface area contributed by atoms with Gasteiger partial charge in [0.2, 0.25) is 5.95 Å². The lowest BCUT2D eigenvalue weighted by Crippen LogP contribution is -2.14. The molecule has 1 aliphatic rings. The molecule has 0 aliphatic heterocycles. The van der Waals surface area contributed by atoms with Crippen LogP contribution in [0.3, 0.4) is 0 Å². The Hall–Kier alpha value is -5.68. The second-order valence-electron chi connectivity index (χ2n) is 12.2. The predicted molar refractivity (Wildman–Crippen MR) is 176 cm³/mol. The van der Waals surface area contributed by atoms with Gasteiger partial charge in [0.05, 0.1) is 16.6 Å². The van der Waals surface area contributed by atoms with E-state index in [0.29, 0.717) is 17.1 Å². The standard InChI is InChI=1S/C39H25N3O2/c1-39(2)28-17-9-6-15-25(28)34-31(39)26-16-7-10-18-29(26)42(34)38-40-32(22-12-4-3-5-13-22)37-33(41-38)27-21-20-24-23-14-8-11-19-30(23)43-35(24)36(27)44-37/h3-21H,1-2H3. The van der Waals surface area contributed by atoms with E-state index in [0.717, 1.165) is 55.3 Å². The minimum absolute atomic E-state index is 0.168. The summed E-state index contributed by atoms with van der Waals surface area (Å²) >= 11 is 0. The number of hydrogen-bond acceptors (Lipinski definition) is 4. The summed E-state index contributed by atoms with van der Waals surface area (Å²) < 4.78 is 15.3. The fourth-order valence-electron chi connectivity index (χ4n) is 7.47. The normalized spacial score (nSPS) is 13.9. The van der Waals surface area contributed by atoms with E-state index in [1.165, 1.54) is 22.1 Å². The van der Waals surface area contributed by atoms with Gasteiger partial charge in [-0.25, -0.2) is 9.97 Å². The second kappa shape index (κ2) is 8.23. The van der Waals surface area contributed by atoms with Crippen LogP contribution in [0.2, 0.25) is 0 Å². The molecule has 5 nitrogen and oxygen atoms in total. The minimum atomic E-state index is -0.168. The van der Waals surface area contributed by atoms with Crippen LogP contribution in [-0.4, -0.2) is 14.5 Å². The van der Waals surface area contributed by atoms with E-state index in [-0.39, 0.29) is 5.41 Å². The molecule has 4 heterocycles. The summed E-state index contributed by atoms with van der Waals surface area (Å²) in [6.45, 7) is 4.63. The van der Waals surface area contributed by atoms with Crippen LogP contribution in [0.5, 0.6) is 0 Å². The molecule has 44 heavy (non-hydrogen) atoms. The summed E-state index contributed by atoms with van der Waals surface area (Å²) in [6, 6.07) is 39.9. The van der Waals surface area contributed by atoms with Crippen molar-refractivity contribution in [2.24, 2.45) is 0 Å². The molecular formula is C39H25N3O2. The van der Waals surface area contributed by atoms with E-state index in [1.807, 2.05) is 36.4 Å². The molecule has 0 saturated heterocycles. The SMILES string of the molecule is CC1(C)c2ccccc2-c2c1c1ccccc1n2-c1nc(-c2ccccc2)c2oc3c(ccc4c5ccccc5oc43)c2n1. The average Bonchev–Trinajstić information content (AvgIpc) is 3.79. The molecule has 10 rings (SSSR count). The minimum Gasteiger partial charge on any atom is -0.452 e. The van der Waals surface area contributed by atoms with Gasteiger partial charge in [0, 0.05) is 32.7 Å². The van der Waals surface area contributed by atoms with Crippen LogP contribution < -0.4 is 0 Å². The molecule has 0 N–H and O–H groups in total. The van der Waals surface area contributed by atoms with Crippen molar-refractivity contribution >= 4 is 54.9 Å². The first-order valence-electron chi connectivity index (χ1n) is 14.9. The molecule has 5 aromatic carbocycles. The smallest absolute Gasteiger partial charge is 0.236 e. The number of aromatic nitrogens is 3. The average molecular weight is 568 g/mol. The maximum atomic E-state index is 6.69. The molecule has 0 radical (unpaired) electrons. The molecule has 9 aromatic rings. The molecule has 0 atom stereocenters. The van der Waals surface area contributed by atoms with E-state index in [4.69, 9.17) is 18.8 Å². The molecule has 5 heteroatoms. The Labute approximate surface area is 252 Å². The summed E-state index contributed by atoms with van der Waals surface area (Å²) in [7, 11) is 0. The fourth-order valence-corrected chi connectivity index (χ4v) is 7.47. The number of nitrogens with zero attached hydrogens (tertiary/aromatic N) is 3. The Morgan fingerprint density at radius 1 is 0.591 bits per heavy atom. The Kier molecular flexibility index (Phi) is 4.46. The number of rotatable bonds is 2. The quantitative estimate of drug-likeness (QED) is 0.209. The molecule has 0 saturated carbocycles. The van der Waals surface area contributed by atoms with E-state index in [9.17, 15) is 0 Å². The van der Waals surface area contributed by atoms with Gasteiger partial charge in [-0.2, -0.15) is 0 Å². The van der Waals surface area contributed by atoms with Crippen LogP contribution in [0.25, 0.3) is 83.4 Å². The van der Waals surface area contributed by atoms with Gasteiger partial charge in [0.1, 0.15) is 16.8 Å². The monoisotopic (exact) mass is 567 g/mol. The number of para-hydroxylation sites is 2. The highest BCUT2D eigenvalue weighted by atomic mass is 16.4. The van der Waals surface area contributed by atoms with Crippen molar-refractivity contribution in [2.45, 2.75) is 19.3 Å². The van der Waals surface area contributed by atoms with Crippen molar-refractivity contribution in [3.8, 4) is 28.5 Å². The Morgan fingerprint density at radius 2 is 1.30 bits per heavy atom. The first-order valence-corrected chi connectivity index (χ1v) is 14.9. The van der Waals surface area contributed by atoms with Gasteiger partial charge < -0.3 is 8.83 Å². The zero-order valence-corrected chi connectivity index (χ0v) is 24.1. The molecule has 0 spiro atoms. The largest absolute Gasteiger partial charge is 0.452 e. The molecule has 0 bridgehead atoms. The van der Waals surface area contributed by atoms with Gasteiger partial charge in [-0.3, -0.25) is 4.57 Å². The van der Waals surface area contributed by atoms with Crippen LogP contribution in [0.1, 0.15) is 25.0 Å². The third-order valence-electron chi connectivity index (χ3n) is 9.42. The maximum absolute atomic E-state index is 6.69. The molecule has 0 unspecified atom stereocenters. The van der Waals surface area contributed by atoms with Crippen molar-refractivity contribution in [2.75, 3.05) is 0 Å². The molecule has 208 valence electrons. The Morgan fingerprint density at radius 3 is 2.18 bits per heavy atom. The van der Waals surface area contributed by atoms with Crippen molar-refractivity contribution in [1.82, 2.24) is 14.5 Å². The van der Waals surface area contributed by atoms with Gasteiger partial charge in [0.25, 0.3) is 0 Å². The summed E-state index contributed by atoms with van der Waals surface area (Å²) in [6.07, 6.45) is 0. The predicted octanol–water partition coefficient (Wildman–Crippen LogP) is 10.2. The molecule has 4 aromatic heterocycles. The zero-order valence-electron chi connectivity index (χ0n) is 24.1. The molecular weight excluding hydrogens is 542 g/mol. The van der Waals surface area contributed by atoms with Crippen molar-refractivity contribution < 1.29 is 8.83 Å². The Balaban J connectivity index is 1.36. The number of hydrogen-bond donors (Lipinski definition) is 0. The third kappa shape index (κ3) is 2.93.